The highest BCUT2D eigenvalue weighted by Gasteiger charge is 2.24. The van der Waals surface area contributed by atoms with E-state index in [1.165, 1.54) is 41.3 Å². The summed E-state index contributed by atoms with van der Waals surface area (Å²) in [6, 6.07) is 16.3. The van der Waals surface area contributed by atoms with E-state index < -0.39 is 5.82 Å². The summed E-state index contributed by atoms with van der Waals surface area (Å²) in [4.78, 5) is 1.17. The highest BCUT2D eigenvalue weighted by molar-refractivity contribution is 7.98. The summed E-state index contributed by atoms with van der Waals surface area (Å²) in [7, 11) is 3.18. The Morgan fingerprint density at radius 2 is 1.74 bits per heavy atom. The molecule has 0 fully saturated rings. The number of rotatable bonds is 7. The number of hydrogen-bond donors (Lipinski definition) is 0. The SMILES string of the molecule is COc1ccc(CSc2nnc3sc(-c4c(F)cccc4Cl)c(-c4ccc(F)cc4)n23)cc1OC. The molecule has 2 aromatic heterocycles. The van der Waals surface area contributed by atoms with Crippen LogP contribution < -0.4 is 9.47 Å². The maximum Gasteiger partial charge on any atom is 0.218 e. The van der Waals surface area contributed by atoms with Gasteiger partial charge in [0, 0.05) is 16.9 Å². The van der Waals surface area contributed by atoms with Gasteiger partial charge < -0.3 is 9.47 Å². The molecule has 5 aromatic rings. The molecule has 0 N–H and O–H groups in total. The fraction of sp³-hybridized carbons (Fsp3) is 0.120. The molecule has 0 spiro atoms. The average Bonchev–Trinajstić information content (AvgIpc) is 3.42. The largest absolute Gasteiger partial charge is 0.493 e. The Morgan fingerprint density at radius 3 is 2.46 bits per heavy atom. The molecule has 0 unspecified atom stereocenters. The van der Waals surface area contributed by atoms with Crippen molar-refractivity contribution in [3.05, 3.63) is 82.9 Å². The number of methoxy groups -OCH3 is 2. The number of fused-ring (bicyclic) bond motifs is 1. The van der Waals surface area contributed by atoms with Crippen LogP contribution in [0.25, 0.3) is 26.7 Å². The minimum absolute atomic E-state index is 0.278. The van der Waals surface area contributed by atoms with Gasteiger partial charge >= 0.3 is 0 Å². The smallest absolute Gasteiger partial charge is 0.218 e. The topological polar surface area (TPSA) is 48.7 Å². The second kappa shape index (κ2) is 9.85. The Labute approximate surface area is 213 Å². The molecule has 0 saturated heterocycles. The van der Waals surface area contributed by atoms with Crippen LogP contribution in [0.4, 0.5) is 8.78 Å². The zero-order chi connectivity index (χ0) is 24.5. The van der Waals surface area contributed by atoms with E-state index in [-0.39, 0.29) is 16.4 Å². The first-order valence-electron chi connectivity index (χ1n) is 10.4. The van der Waals surface area contributed by atoms with E-state index in [9.17, 15) is 8.78 Å². The van der Waals surface area contributed by atoms with Crippen LogP contribution in [0.5, 0.6) is 11.5 Å². The number of benzene rings is 3. The third kappa shape index (κ3) is 4.47. The van der Waals surface area contributed by atoms with Crippen LogP contribution in [0.3, 0.4) is 0 Å². The van der Waals surface area contributed by atoms with Crippen molar-refractivity contribution in [2.45, 2.75) is 10.9 Å². The van der Waals surface area contributed by atoms with Gasteiger partial charge in [0.1, 0.15) is 11.6 Å². The lowest BCUT2D eigenvalue weighted by Crippen LogP contribution is -1.95. The standard InChI is InChI=1S/C25H18ClF2N3O2S2/c1-32-19-11-6-14(12-20(19)33-2)13-34-24-29-30-25-31(24)22(15-7-9-16(27)10-8-15)23(35-25)21-17(26)4-3-5-18(21)28/h3-12H,13H2,1-2H3. The minimum Gasteiger partial charge on any atom is -0.493 e. The van der Waals surface area contributed by atoms with Gasteiger partial charge in [0.05, 0.1) is 29.8 Å². The van der Waals surface area contributed by atoms with E-state index in [1.807, 2.05) is 22.6 Å². The second-order valence-electron chi connectivity index (χ2n) is 7.46. The van der Waals surface area contributed by atoms with Gasteiger partial charge in [-0.25, -0.2) is 8.78 Å². The number of hydrogen-bond acceptors (Lipinski definition) is 6. The first-order valence-corrected chi connectivity index (χ1v) is 12.6. The summed E-state index contributed by atoms with van der Waals surface area (Å²) in [5.74, 6) is 1.05. The third-order valence-electron chi connectivity index (χ3n) is 5.36. The molecule has 0 atom stereocenters. The molecule has 0 bridgehead atoms. The summed E-state index contributed by atoms with van der Waals surface area (Å²) < 4.78 is 41.2. The Hall–Kier alpha value is -3.14. The number of nitrogens with zero attached hydrogens (tertiary/aromatic N) is 3. The van der Waals surface area contributed by atoms with Crippen molar-refractivity contribution < 1.29 is 18.3 Å². The van der Waals surface area contributed by atoms with Crippen molar-refractivity contribution in [3.63, 3.8) is 0 Å². The predicted octanol–water partition coefficient (Wildman–Crippen LogP) is 7.37. The quantitative estimate of drug-likeness (QED) is 0.206. The lowest BCUT2D eigenvalue weighted by Gasteiger charge is -2.10. The first kappa shape index (κ1) is 23.6. The molecular weight excluding hydrogens is 512 g/mol. The number of aromatic nitrogens is 3. The summed E-state index contributed by atoms with van der Waals surface area (Å²) in [6.45, 7) is 0. The molecule has 2 heterocycles. The Kier molecular flexibility index (Phi) is 6.64. The molecule has 3 aromatic carbocycles. The molecule has 0 saturated carbocycles. The molecule has 5 nitrogen and oxygen atoms in total. The second-order valence-corrected chi connectivity index (χ2v) is 9.79. The van der Waals surface area contributed by atoms with Crippen molar-refractivity contribution in [1.82, 2.24) is 14.6 Å². The highest BCUT2D eigenvalue weighted by Crippen LogP contribution is 2.44. The lowest BCUT2D eigenvalue weighted by molar-refractivity contribution is 0.354. The lowest BCUT2D eigenvalue weighted by atomic mass is 10.1. The fourth-order valence-electron chi connectivity index (χ4n) is 3.72. The highest BCUT2D eigenvalue weighted by atomic mass is 35.5. The minimum atomic E-state index is -0.446. The van der Waals surface area contributed by atoms with E-state index in [4.69, 9.17) is 21.1 Å². The van der Waals surface area contributed by atoms with E-state index in [0.717, 1.165) is 5.56 Å². The third-order valence-corrected chi connectivity index (χ3v) is 7.72. The van der Waals surface area contributed by atoms with Gasteiger partial charge in [-0.15, -0.1) is 10.2 Å². The number of ether oxygens (including phenoxy) is 2. The van der Waals surface area contributed by atoms with E-state index in [1.54, 1.807) is 38.5 Å². The van der Waals surface area contributed by atoms with Gasteiger partial charge in [0.2, 0.25) is 4.96 Å². The number of halogens is 3. The molecule has 0 aliphatic rings. The summed E-state index contributed by atoms with van der Waals surface area (Å²) in [6.07, 6.45) is 0. The molecule has 0 amide bonds. The molecule has 35 heavy (non-hydrogen) atoms. The summed E-state index contributed by atoms with van der Waals surface area (Å²) in [5.41, 5.74) is 2.62. The van der Waals surface area contributed by atoms with Crippen LogP contribution in [-0.4, -0.2) is 28.8 Å². The van der Waals surface area contributed by atoms with Crippen LogP contribution in [0.2, 0.25) is 5.02 Å². The van der Waals surface area contributed by atoms with Crippen molar-refractivity contribution in [2.24, 2.45) is 0 Å². The van der Waals surface area contributed by atoms with E-state index in [0.29, 0.717) is 43.5 Å². The van der Waals surface area contributed by atoms with E-state index in [2.05, 4.69) is 10.2 Å². The molecule has 0 aliphatic carbocycles. The normalized spacial score (nSPS) is 11.2. The maximum absolute atomic E-state index is 14.9. The molecule has 10 heteroatoms. The van der Waals surface area contributed by atoms with Crippen molar-refractivity contribution in [3.8, 4) is 33.2 Å². The Morgan fingerprint density at radius 1 is 0.971 bits per heavy atom. The van der Waals surface area contributed by atoms with Crippen molar-refractivity contribution >= 4 is 39.7 Å². The average molecular weight is 530 g/mol. The summed E-state index contributed by atoms with van der Waals surface area (Å²) in [5, 5.41) is 9.58. The first-order chi connectivity index (χ1) is 17.0. The van der Waals surface area contributed by atoms with Gasteiger partial charge in [-0.1, -0.05) is 46.8 Å². The van der Waals surface area contributed by atoms with Crippen molar-refractivity contribution in [1.29, 1.82) is 0 Å². The van der Waals surface area contributed by atoms with Crippen LogP contribution in [0.15, 0.2) is 65.8 Å². The number of thioether (sulfide) groups is 1. The molecular formula is C25H18ClF2N3O2S2. The van der Waals surface area contributed by atoms with Crippen LogP contribution >= 0.6 is 34.7 Å². The van der Waals surface area contributed by atoms with Gasteiger partial charge in [-0.2, -0.15) is 0 Å². The van der Waals surface area contributed by atoms with Crippen LogP contribution in [0.1, 0.15) is 5.56 Å². The zero-order valence-electron chi connectivity index (χ0n) is 18.6. The van der Waals surface area contributed by atoms with Gasteiger partial charge in [-0.3, -0.25) is 4.40 Å². The Balaban J connectivity index is 1.62. The van der Waals surface area contributed by atoms with Crippen LogP contribution in [-0.2, 0) is 5.75 Å². The zero-order valence-corrected chi connectivity index (χ0v) is 21.0. The molecule has 0 radical (unpaired) electrons. The maximum atomic E-state index is 14.9. The summed E-state index contributed by atoms with van der Waals surface area (Å²) >= 11 is 9.16. The predicted molar refractivity (Wildman–Crippen MR) is 136 cm³/mol. The van der Waals surface area contributed by atoms with Gasteiger partial charge in [0.25, 0.3) is 0 Å². The fourth-order valence-corrected chi connectivity index (χ4v) is 6.12. The van der Waals surface area contributed by atoms with E-state index >= 15 is 0 Å². The molecule has 178 valence electrons. The molecule has 5 rings (SSSR count). The van der Waals surface area contributed by atoms with Gasteiger partial charge in [0.15, 0.2) is 16.7 Å². The number of thiazole rings is 1. The van der Waals surface area contributed by atoms with Crippen molar-refractivity contribution in [2.75, 3.05) is 14.2 Å². The Bertz CT molecular complexity index is 1500. The monoisotopic (exact) mass is 529 g/mol. The van der Waals surface area contributed by atoms with Crippen LogP contribution in [0, 0.1) is 11.6 Å². The van der Waals surface area contributed by atoms with Gasteiger partial charge in [-0.05, 0) is 54.1 Å². The molecule has 0 aliphatic heterocycles.